The van der Waals surface area contributed by atoms with Crippen molar-refractivity contribution in [2.75, 3.05) is 18.9 Å². The molecule has 0 unspecified atom stereocenters. The number of pyridine rings is 1. The number of rotatable bonds is 6. The number of aromatic nitrogens is 2. The first-order valence-corrected chi connectivity index (χ1v) is 11.2. The van der Waals surface area contributed by atoms with E-state index in [9.17, 15) is 8.42 Å². The zero-order chi connectivity index (χ0) is 22.2. The maximum absolute atomic E-state index is 13.0. The fourth-order valence-corrected chi connectivity index (χ4v) is 4.71. The lowest BCUT2D eigenvalue weighted by Crippen LogP contribution is -2.14. The van der Waals surface area contributed by atoms with Gasteiger partial charge in [-0.05, 0) is 30.7 Å². The number of fused-ring (bicyclic) bond motifs is 1. The molecule has 2 heterocycles. The van der Waals surface area contributed by atoms with Crippen LogP contribution in [0.1, 0.15) is 5.56 Å². The van der Waals surface area contributed by atoms with Crippen molar-refractivity contribution >= 4 is 33.0 Å². The van der Waals surface area contributed by atoms with E-state index in [2.05, 4.69) is 9.71 Å². The number of hydrogen-bond donors (Lipinski definition) is 1. The number of benzene rings is 2. The van der Waals surface area contributed by atoms with E-state index in [1.165, 1.54) is 26.4 Å². The summed E-state index contributed by atoms with van der Waals surface area (Å²) < 4.78 is 40.8. The van der Waals surface area contributed by atoms with Gasteiger partial charge in [-0.1, -0.05) is 29.8 Å². The Morgan fingerprint density at radius 3 is 2.39 bits per heavy atom. The number of aryl methyl sites for hydroxylation is 1. The molecule has 0 bridgehead atoms. The van der Waals surface area contributed by atoms with Crippen molar-refractivity contribution in [2.24, 2.45) is 0 Å². The number of nitrogens with one attached hydrogen (secondary N) is 1. The molecule has 0 aliphatic carbocycles. The Balaban J connectivity index is 1.63. The SMILES string of the molecule is COc1cc(S(=O)(=O)Nc2ccc(-c3cn4cccc(C)c4n3)cc2)c(OC)cc1Cl. The summed E-state index contributed by atoms with van der Waals surface area (Å²) in [5.41, 5.74) is 4.03. The molecule has 0 aliphatic heterocycles. The number of anilines is 1. The van der Waals surface area contributed by atoms with E-state index >= 15 is 0 Å². The van der Waals surface area contributed by atoms with Gasteiger partial charge in [0.1, 0.15) is 22.0 Å². The first-order chi connectivity index (χ1) is 14.8. The van der Waals surface area contributed by atoms with Gasteiger partial charge in [0, 0.05) is 35.8 Å². The summed E-state index contributed by atoms with van der Waals surface area (Å²) in [6.07, 6.45) is 3.88. The Bertz CT molecular complexity index is 1370. The Labute approximate surface area is 185 Å². The van der Waals surface area contributed by atoms with E-state index in [0.29, 0.717) is 5.69 Å². The Morgan fingerprint density at radius 1 is 1.03 bits per heavy atom. The molecule has 0 atom stereocenters. The second kappa shape index (κ2) is 8.13. The number of nitrogens with zero attached hydrogens (tertiary/aromatic N) is 2. The second-order valence-electron chi connectivity index (χ2n) is 6.87. The fraction of sp³-hybridized carbons (Fsp3) is 0.136. The summed E-state index contributed by atoms with van der Waals surface area (Å²) in [5.74, 6) is 0.357. The van der Waals surface area contributed by atoms with E-state index in [1.807, 2.05) is 48.0 Å². The predicted octanol–water partition coefficient (Wildman–Crippen LogP) is 4.78. The molecule has 0 fully saturated rings. The lowest BCUT2D eigenvalue weighted by molar-refractivity contribution is 0.392. The van der Waals surface area contributed by atoms with E-state index < -0.39 is 10.0 Å². The molecule has 4 rings (SSSR count). The van der Waals surface area contributed by atoms with Gasteiger partial charge in [-0.15, -0.1) is 0 Å². The number of ether oxygens (including phenoxy) is 2. The largest absolute Gasteiger partial charge is 0.495 e. The quantitative estimate of drug-likeness (QED) is 0.450. The molecular formula is C22H20ClN3O4S. The molecular weight excluding hydrogens is 438 g/mol. The van der Waals surface area contributed by atoms with Crippen molar-refractivity contribution < 1.29 is 17.9 Å². The first kappa shape index (κ1) is 21.0. The summed E-state index contributed by atoms with van der Waals surface area (Å²) >= 11 is 6.08. The van der Waals surface area contributed by atoms with E-state index in [-0.39, 0.29) is 21.4 Å². The van der Waals surface area contributed by atoms with E-state index in [0.717, 1.165) is 22.5 Å². The number of halogens is 1. The molecule has 2 aromatic carbocycles. The molecule has 1 N–H and O–H groups in total. The summed E-state index contributed by atoms with van der Waals surface area (Å²) in [6.45, 7) is 2.00. The van der Waals surface area contributed by atoms with Crippen LogP contribution in [0, 0.1) is 6.92 Å². The highest BCUT2D eigenvalue weighted by atomic mass is 35.5. The van der Waals surface area contributed by atoms with Gasteiger partial charge in [0.05, 0.1) is 24.9 Å². The molecule has 2 aromatic heterocycles. The molecule has 0 saturated heterocycles. The van der Waals surface area contributed by atoms with Gasteiger partial charge < -0.3 is 13.9 Å². The van der Waals surface area contributed by atoms with Gasteiger partial charge in [-0.2, -0.15) is 0 Å². The number of imidazole rings is 1. The van der Waals surface area contributed by atoms with Crippen molar-refractivity contribution in [3.8, 4) is 22.8 Å². The maximum Gasteiger partial charge on any atom is 0.265 e. The van der Waals surface area contributed by atoms with Crippen LogP contribution in [0.3, 0.4) is 0 Å². The average Bonchev–Trinajstić information content (AvgIpc) is 3.19. The Hall–Kier alpha value is -3.23. The molecule has 4 aromatic rings. The highest BCUT2D eigenvalue weighted by Gasteiger charge is 2.22. The Kier molecular flexibility index (Phi) is 5.51. The van der Waals surface area contributed by atoms with Crippen molar-refractivity contribution in [1.29, 1.82) is 0 Å². The molecule has 0 saturated carbocycles. The van der Waals surface area contributed by atoms with Crippen LogP contribution >= 0.6 is 11.6 Å². The lowest BCUT2D eigenvalue weighted by Gasteiger charge is -2.14. The molecule has 7 nitrogen and oxygen atoms in total. The standard InChI is InChI=1S/C22H20ClN3O4S/c1-14-5-4-10-26-13-18(24-22(14)26)15-6-8-16(9-7-15)25-31(27,28)21-12-19(29-2)17(23)11-20(21)30-3/h4-13,25H,1-3H3. The number of sulfonamides is 1. The highest BCUT2D eigenvalue weighted by molar-refractivity contribution is 7.92. The predicted molar refractivity (Wildman–Crippen MR) is 121 cm³/mol. The summed E-state index contributed by atoms with van der Waals surface area (Å²) in [7, 11) is -1.15. The molecule has 0 radical (unpaired) electrons. The van der Waals surface area contributed by atoms with E-state index in [4.69, 9.17) is 21.1 Å². The summed E-state index contributed by atoms with van der Waals surface area (Å²) in [6, 6.07) is 13.7. The van der Waals surface area contributed by atoms with Crippen LogP contribution in [0.5, 0.6) is 11.5 Å². The van der Waals surface area contributed by atoms with Gasteiger partial charge in [-0.25, -0.2) is 13.4 Å². The minimum atomic E-state index is -3.94. The maximum atomic E-state index is 13.0. The minimum absolute atomic E-state index is 0.0730. The fourth-order valence-electron chi connectivity index (χ4n) is 3.25. The average molecular weight is 458 g/mol. The van der Waals surface area contributed by atoms with Crippen LogP contribution in [0.4, 0.5) is 5.69 Å². The van der Waals surface area contributed by atoms with Crippen LogP contribution in [0.15, 0.2) is 65.8 Å². The van der Waals surface area contributed by atoms with Crippen LogP contribution in [-0.2, 0) is 10.0 Å². The Morgan fingerprint density at radius 2 is 1.74 bits per heavy atom. The zero-order valence-electron chi connectivity index (χ0n) is 17.1. The third kappa shape index (κ3) is 4.04. The van der Waals surface area contributed by atoms with Crippen LogP contribution in [0.25, 0.3) is 16.9 Å². The van der Waals surface area contributed by atoms with Gasteiger partial charge in [-0.3, -0.25) is 4.72 Å². The number of methoxy groups -OCH3 is 2. The molecule has 9 heteroatoms. The molecule has 0 spiro atoms. The van der Waals surface area contributed by atoms with Crippen molar-refractivity contribution in [3.05, 3.63) is 71.5 Å². The summed E-state index contributed by atoms with van der Waals surface area (Å²) in [5, 5.41) is 0.255. The smallest absolute Gasteiger partial charge is 0.265 e. The van der Waals surface area contributed by atoms with Gasteiger partial charge in [0.15, 0.2) is 0 Å². The second-order valence-corrected chi connectivity index (χ2v) is 8.93. The third-order valence-electron chi connectivity index (χ3n) is 4.84. The summed E-state index contributed by atoms with van der Waals surface area (Å²) in [4.78, 5) is 4.59. The first-order valence-electron chi connectivity index (χ1n) is 9.31. The van der Waals surface area contributed by atoms with E-state index in [1.54, 1.807) is 12.1 Å². The normalized spacial score (nSPS) is 11.5. The number of hydrogen-bond acceptors (Lipinski definition) is 5. The topological polar surface area (TPSA) is 81.9 Å². The molecule has 0 amide bonds. The monoisotopic (exact) mass is 457 g/mol. The van der Waals surface area contributed by atoms with Crippen molar-refractivity contribution in [2.45, 2.75) is 11.8 Å². The van der Waals surface area contributed by atoms with Crippen LogP contribution in [-0.4, -0.2) is 32.0 Å². The minimum Gasteiger partial charge on any atom is -0.495 e. The van der Waals surface area contributed by atoms with Crippen molar-refractivity contribution in [3.63, 3.8) is 0 Å². The van der Waals surface area contributed by atoms with Crippen LogP contribution in [0.2, 0.25) is 5.02 Å². The van der Waals surface area contributed by atoms with Gasteiger partial charge in [0.2, 0.25) is 0 Å². The van der Waals surface area contributed by atoms with Crippen molar-refractivity contribution in [1.82, 2.24) is 9.38 Å². The molecule has 31 heavy (non-hydrogen) atoms. The lowest BCUT2D eigenvalue weighted by atomic mass is 10.1. The molecule has 0 aliphatic rings. The zero-order valence-corrected chi connectivity index (χ0v) is 18.7. The third-order valence-corrected chi connectivity index (χ3v) is 6.54. The highest BCUT2D eigenvalue weighted by Crippen LogP contribution is 2.36. The van der Waals surface area contributed by atoms with Gasteiger partial charge in [0.25, 0.3) is 10.0 Å². The van der Waals surface area contributed by atoms with Crippen LogP contribution < -0.4 is 14.2 Å². The van der Waals surface area contributed by atoms with Gasteiger partial charge >= 0.3 is 0 Å². The molecule has 160 valence electrons.